The van der Waals surface area contributed by atoms with Gasteiger partial charge in [0, 0.05) is 18.6 Å². The summed E-state index contributed by atoms with van der Waals surface area (Å²) >= 11 is 0. The molecule has 21 heavy (non-hydrogen) atoms. The lowest BCUT2D eigenvalue weighted by Crippen LogP contribution is -2.48. The summed E-state index contributed by atoms with van der Waals surface area (Å²) in [4.78, 5) is 2.52. The molecule has 1 aliphatic heterocycles. The number of likely N-dealkylation sites (N-methyl/N-ethyl adjacent to an activating group) is 1. The first kappa shape index (κ1) is 14.9. The maximum atomic E-state index is 5.22. The number of nitrogens with one attached hydrogen (secondary N) is 1. The molecule has 2 aliphatic rings. The average Bonchev–Trinajstić information content (AvgIpc) is 2.48. The number of likely N-dealkylation sites (tertiary alicyclic amines) is 1. The second kappa shape index (κ2) is 6.80. The minimum Gasteiger partial charge on any atom is -0.497 e. The Bertz CT molecular complexity index is 439. The van der Waals surface area contributed by atoms with E-state index in [9.17, 15) is 0 Å². The van der Waals surface area contributed by atoms with E-state index < -0.39 is 0 Å². The smallest absolute Gasteiger partial charge is 0.118 e. The molecule has 0 bridgehead atoms. The van der Waals surface area contributed by atoms with Gasteiger partial charge in [0.05, 0.1) is 7.11 Å². The molecular formula is C18H28N2O. The van der Waals surface area contributed by atoms with Crippen LogP contribution in [0.4, 0.5) is 0 Å². The van der Waals surface area contributed by atoms with Crippen molar-refractivity contribution in [3.63, 3.8) is 0 Å². The first-order chi connectivity index (χ1) is 10.3. The Morgan fingerprint density at radius 3 is 2.62 bits per heavy atom. The fraction of sp³-hybridized carbons (Fsp3) is 0.667. The Kier molecular flexibility index (Phi) is 4.81. The van der Waals surface area contributed by atoms with Gasteiger partial charge in [0.2, 0.25) is 0 Å². The zero-order chi connectivity index (χ0) is 14.7. The molecule has 1 atom stereocenters. The highest BCUT2D eigenvalue weighted by molar-refractivity contribution is 5.30. The van der Waals surface area contributed by atoms with E-state index in [1.165, 1.54) is 44.2 Å². The third-order valence-corrected chi connectivity index (χ3v) is 5.29. The van der Waals surface area contributed by atoms with Gasteiger partial charge in [-0.1, -0.05) is 18.6 Å². The standard InChI is InChI=1S/C18H28N2O/c1-20-10-4-3-5-17(20)13-19-16-11-15(12-16)14-6-8-18(21-2)9-7-14/h6-9,15-17,19H,3-5,10-13H2,1-2H3. The first-order valence-electron chi connectivity index (χ1n) is 8.34. The third kappa shape index (κ3) is 3.58. The summed E-state index contributed by atoms with van der Waals surface area (Å²) in [6.45, 7) is 2.43. The molecule has 3 rings (SSSR count). The first-order valence-corrected chi connectivity index (χ1v) is 8.34. The van der Waals surface area contributed by atoms with E-state index in [4.69, 9.17) is 4.74 Å². The fourth-order valence-corrected chi connectivity index (χ4v) is 3.64. The number of nitrogens with zero attached hydrogens (tertiary/aromatic N) is 1. The fourth-order valence-electron chi connectivity index (χ4n) is 3.64. The van der Waals surface area contributed by atoms with Crippen LogP contribution in [0.3, 0.4) is 0 Å². The molecule has 1 aliphatic carbocycles. The molecule has 2 fully saturated rings. The van der Waals surface area contributed by atoms with Gasteiger partial charge in [-0.05, 0) is 62.9 Å². The SMILES string of the molecule is COc1ccc(C2CC(NCC3CCCCN3C)C2)cc1. The highest BCUT2D eigenvalue weighted by Gasteiger charge is 2.30. The summed E-state index contributed by atoms with van der Waals surface area (Å²) in [5.41, 5.74) is 1.46. The average molecular weight is 288 g/mol. The number of methoxy groups -OCH3 is 1. The molecule has 0 amide bonds. The van der Waals surface area contributed by atoms with E-state index in [0.717, 1.165) is 24.3 Å². The van der Waals surface area contributed by atoms with Crippen molar-refractivity contribution in [1.29, 1.82) is 0 Å². The number of hydrogen-bond acceptors (Lipinski definition) is 3. The Morgan fingerprint density at radius 1 is 1.19 bits per heavy atom. The maximum Gasteiger partial charge on any atom is 0.118 e. The zero-order valence-electron chi connectivity index (χ0n) is 13.3. The van der Waals surface area contributed by atoms with E-state index >= 15 is 0 Å². The molecule has 1 aromatic rings. The van der Waals surface area contributed by atoms with Crippen molar-refractivity contribution < 1.29 is 4.74 Å². The van der Waals surface area contributed by atoms with Gasteiger partial charge in [-0.15, -0.1) is 0 Å². The minimum absolute atomic E-state index is 0.715. The van der Waals surface area contributed by atoms with E-state index in [0.29, 0.717) is 6.04 Å². The molecule has 0 spiro atoms. The van der Waals surface area contributed by atoms with Gasteiger partial charge in [0.1, 0.15) is 5.75 Å². The molecule has 1 saturated heterocycles. The van der Waals surface area contributed by atoms with Gasteiger partial charge in [-0.3, -0.25) is 0 Å². The third-order valence-electron chi connectivity index (χ3n) is 5.29. The lowest BCUT2D eigenvalue weighted by Gasteiger charge is -2.39. The monoisotopic (exact) mass is 288 g/mol. The predicted molar refractivity (Wildman–Crippen MR) is 87.0 cm³/mol. The van der Waals surface area contributed by atoms with Crippen LogP contribution in [0.2, 0.25) is 0 Å². The summed E-state index contributed by atoms with van der Waals surface area (Å²) < 4.78 is 5.22. The maximum absolute atomic E-state index is 5.22. The second-order valence-electron chi connectivity index (χ2n) is 6.68. The lowest BCUT2D eigenvalue weighted by molar-refractivity contribution is 0.166. The Balaban J connectivity index is 1.41. The van der Waals surface area contributed by atoms with E-state index in [1.807, 2.05) is 0 Å². The van der Waals surface area contributed by atoms with Crippen LogP contribution in [0.5, 0.6) is 5.75 Å². The van der Waals surface area contributed by atoms with Crippen molar-refractivity contribution in [3.05, 3.63) is 29.8 Å². The van der Waals surface area contributed by atoms with Crippen LogP contribution in [0.15, 0.2) is 24.3 Å². The molecule has 0 aromatic heterocycles. The zero-order valence-corrected chi connectivity index (χ0v) is 13.3. The summed E-state index contributed by atoms with van der Waals surface area (Å²) in [6.07, 6.45) is 6.69. The highest BCUT2D eigenvalue weighted by atomic mass is 16.5. The van der Waals surface area contributed by atoms with Gasteiger partial charge >= 0.3 is 0 Å². The Hall–Kier alpha value is -1.06. The molecule has 1 saturated carbocycles. The van der Waals surface area contributed by atoms with Crippen LogP contribution in [0.25, 0.3) is 0 Å². The van der Waals surface area contributed by atoms with Crippen molar-refractivity contribution in [2.45, 2.75) is 50.1 Å². The second-order valence-corrected chi connectivity index (χ2v) is 6.68. The van der Waals surface area contributed by atoms with Crippen molar-refractivity contribution in [2.24, 2.45) is 0 Å². The highest BCUT2D eigenvalue weighted by Crippen LogP contribution is 2.37. The summed E-state index contributed by atoms with van der Waals surface area (Å²) in [7, 11) is 3.99. The molecule has 3 nitrogen and oxygen atoms in total. The largest absolute Gasteiger partial charge is 0.497 e. The van der Waals surface area contributed by atoms with Crippen molar-refractivity contribution in [1.82, 2.24) is 10.2 Å². The number of hydrogen-bond donors (Lipinski definition) is 1. The number of rotatable bonds is 5. The number of piperidine rings is 1. The molecule has 1 unspecified atom stereocenters. The summed E-state index contributed by atoms with van der Waals surface area (Å²) in [5.74, 6) is 1.69. The quantitative estimate of drug-likeness (QED) is 0.901. The van der Waals surface area contributed by atoms with Crippen molar-refractivity contribution in [2.75, 3.05) is 27.2 Å². The lowest BCUT2D eigenvalue weighted by atomic mass is 9.76. The molecular weight excluding hydrogens is 260 g/mol. The molecule has 1 N–H and O–H groups in total. The van der Waals surface area contributed by atoms with E-state index in [1.54, 1.807) is 7.11 Å². The van der Waals surface area contributed by atoms with E-state index in [-0.39, 0.29) is 0 Å². The Labute approximate surface area is 128 Å². The van der Waals surface area contributed by atoms with Gasteiger partial charge < -0.3 is 15.0 Å². The van der Waals surface area contributed by atoms with Crippen LogP contribution >= 0.6 is 0 Å². The molecule has 1 heterocycles. The van der Waals surface area contributed by atoms with Crippen LogP contribution < -0.4 is 10.1 Å². The van der Waals surface area contributed by atoms with Crippen LogP contribution in [0.1, 0.15) is 43.6 Å². The van der Waals surface area contributed by atoms with Crippen LogP contribution in [-0.2, 0) is 0 Å². The van der Waals surface area contributed by atoms with Crippen LogP contribution in [0, 0.1) is 0 Å². The molecule has 3 heteroatoms. The van der Waals surface area contributed by atoms with Crippen molar-refractivity contribution in [3.8, 4) is 5.75 Å². The number of benzene rings is 1. The van der Waals surface area contributed by atoms with Crippen LogP contribution in [-0.4, -0.2) is 44.2 Å². The topological polar surface area (TPSA) is 24.5 Å². The summed E-state index contributed by atoms with van der Waals surface area (Å²) in [5, 5.41) is 3.78. The molecule has 116 valence electrons. The van der Waals surface area contributed by atoms with E-state index in [2.05, 4.69) is 41.5 Å². The molecule has 1 aromatic carbocycles. The predicted octanol–water partition coefficient (Wildman–Crippen LogP) is 3.02. The number of ether oxygens (including phenoxy) is 1. The minimum atomic E-state index is 0.715. The van der Waals surface area contributed by atoms with Gasteiger partial charge in [-0.25, -0.2) is 0 Å². The Morgan fingerprint density at radius 2 is 1.95 bits per heavy atom. The normalized spacial score (nSPS) is 29.9. The summed E-state index contributed by atoms with van der Waals surface area (Å²) in [6, 6.07) is 10.1. The van der Waals surface area contributed by atoms with Gasteiger partial charge in [-0.2, -0.15) is 0 Å². The van der Waals surface area contributed by atoms with Gasteiger partial charge in [0.25, 0.3) is 0 Å². The molecule has 0 radical (unpaired) electrons. The van der Waals surface area contributed by atoms with Crippen molar-refractivity contribution >= 4 is 0 Å². The van der Waals surface area contributed by atoms with Gasteiger partial charge in [0.15, 0.2) is 0 Å².